The second-order valence-corrected chi connectivity index (χ2v) is 3.38. The lowest BCUT2D eigenvalue weighted by Crippen LogP contribution is -2.23. The quantitative estimate of drug-likeness (QED) is 0.729. The van der Waals surface area contributed by atoms with Crippen molar-refractivity contribution < 1.29 is 9.32 Å². The zero-order valence-corrected chi connectivity index (χ0v) is 7.77. The molecule has 1 aliphatic rings. The molecular formula is C10H12N2O2. The Labute approximate surface area is 82.0 Å². The van der Waals surface area contributed by atoms with Crippen LogP contribution in [0.5, 0.6) is 0 Å². The standard InChI is InChI=1S/C10H12N2O2/c13-10(8-4-2-1-3-5-8)12-9-6-11-14-7-9/h1-2,6-8H,3-5H2,(H,12,13)/t8-/m0/s1. The summed E-state index contributed by atoms with van der Waals surface area (Å²) >= 11 is 0. The van der Waals surface area contributed by atoms with Crippen LogP contribution in [-0.4, -0.2) is 11.1 Å². The number of anilines is 1. The molecule has 4 nitrogen and oxygen atoms in total. The van der Waals surface area contributed by atoms with Gasteiger partial charge in [-0.1, -0.05) is 17.3 Å². The van der Waals surface area contributed by atoms with Gasteiger partial charge in [0.1, 0.15) is 12.0 Å². The summed E-state index contributed by atoms with van der Waals surface area (Å²) in [5, 5.41) is 6.28. The number of allylic oxidation sites excluding steroid dienone is 2. The van der Waals surface area contributed by atoms with Crippen molar-refractivity contribution >= 4 is 11.6 Å². The minimum Gasteiger partial charge on any atom is -0.363 e. The summed E-state index contributed by atoms with van der Waals surface area (Å²) in [6, 6.07) is 0. The zero-order chi connectivity index (χ0) is 9.80. The van der Waals surface area contributed by atoms with Crippen molar-refractivity contribution in [3.63, 3.8) is 0 Å². The molecular weight excluding hydrogens is 180 g/mol. The van der Waals surface area contributed by atoms with Crippen LogP contribution in [0.1, 0.15) is 19.3 Å². The molecule has 0 saturated carbocycles. The lowest BCUT2D eigenvalue weighted by Gasteiger charge is -2.16. The Morgan fingerprint density at radius 2 is 2.50 bits per heavy atom. The van der Waals surface area contributed by atoms with E-state index in [9.17, 15) is 4.79 Å². The third kappa shape index (κ3) is 2.02. The van der Waals surface area contributed by atoms with Gasteiger partial charge in [0.15, 0.2) is 0 Å². The van der Waals surface area contributed by atoms with Crippen LogP contribution in [0, 0.1) is 5.92 Å². The van der Waals surface area contributed by atoms with Gasteiger partial charge in [0, 0.05) is 5.92 Å². The molecule has 14 heavy (non-hydrogen) atoms. The first-order valence-electron chi connectivity index (χ1n) is 4.71. The minimum absolute atomic E-state index is 0.0533. The van der Waals surface area contributed by atoms with E-state index in [2.05, 4.69) is 27.1 Å². The normalized spacial score (nSPS) is 20.7. The molecule has 0 bridgehead atoms. The van der Waals surface area contributed by atoms with E-state index in [-0.39, 0.29) is 11.8 Å². The van der Waals surface area contributed by atoms with Gasteiger partial charge in [0.05, 0.1) is 6.20 Å². The largest absolute Gasteiger partial charge is 0.363 e. The third-order valence-corrected chi connectivity index (χ3v) is 2.34. The summed E-state index contributed by atoms with van der Waals surface area (Å²) in [5.74, 6) is 0.146. The fourth-order valence-electron chi connectivity index (χ4n) is 1.54. The van der Waals surface area contributed by atoms with E-state index in [0.717, 1.165) is 19.3 Å². The molecule has 1 atom stereocenters. The highest BCUT2D eigenvalue weighted by Gasteiger charge is 2.18. The van der Waals surface area contributed by atoms with Gasteiger partial charge in [0.25, 0.3) is 0 Å². The van der Waals surface area contributed by atoms with Crippen LogP contribution >= 0.6 is 0 Å². The van der Waals surface area contributed by atoms with Crippen LogP contribution in [0.2, 0.25) is 0 Å². The van der Waals surface area contributed by atoms with Gasteiger partial charge in [-0.15, -0.1) is 0 Å². The molecule has 0 aromatic carbocycles. The van der Waals surface area contributed by atoms with E-state index < -0.39 is 0 Å². The summed E-state index contributed by atoms with van der Waals surface area (Å²) in [4.78, 5) is 11.7. The van der Waals surface area contributed by atoms with Gasteiger partial charge >= 0.3 is 0 Å². The van der Waals surface area contributed by atoms with Gasteiger partial charge in [0.2, 0.25) is 5.91 Å². The van der Waals surface area contributed by atoms with Crippen molar-refractivity contribution in [2.45, 2.75) is 19.3 Å². The van der Waals surface area contributed by atoms with Gasteiger partial charge in [-0.3, -0.25) is 4.79 Å². The molecule has 1 amide bonds. The Morgan fingerprint density at radius 1 is 1.57 bits per heavy atom. The number of nitrogens with zero attached hydrogens (tertiary/aromatic N) is 1. The molecule has 74 valence electrons. The number of carbonyl (C=O) groups is 1. The van der Waals surface area contributed by atoms with E-state index in [1.165, 1.54) is 12.5 Å². The van der Waals surface area contributed by atoms with E-state index in [1.54, 1.807) is 0 Å². The van der Waals surface area contributed by atoms with Crippen molar-refractivity contribution in [2.24, 2.45) is 5.92 Å². The minimum atomic E-state index is 0.0533. The molecule has 0 unspecified atom stereocenters. The average Bonchev–Trinajstić information content (AvgIpc) is 2.72. The Hall–Kier alpha value is -1.58. The number of rotatable bonds is 2. The summed E-state index contributed by atoms with van der Waals surface area (Å²) in [6.07, 6.45) is 9.84. The van der Waals surface area contributed by atoms with E-state index in [1.807, 2.05) is 0 Å². The predicted molar refractivity (Wildman–Crippen MR) is 51.6 cm³/mol. The highest BCUT2D eigenvalue weighted by atomic mass is 16.5. The van der Waals surface area contributed by atoms with E-state index >= 15 is 0 Å². The van der Waals surface area contributed by atoms with Crippen LogP contribution < -0.4 is 5.32 Å². The molecule has 2 rings (SSSR count). The molecule has 0 saturated heterocycles. The number of carbonyl (C=O) groups excluding carboxylic acids is 1. The number of hydrogen-bond donors (Lipinski definition) is 1. The monoisotopic (exact) mass is 192 g/mol. The maximum absolute atomic E-state index is 11.7. The van der Waals surface area contributed by atoms with E-state index in [4.69, 9.17) is 0 Å². The summed E-state index contributed by atoms with van der Waals surface area (Å²) < 4.78 is 4.62. The molecule has 0 radical (unpaired) electrons. The Kier molecular flexibility index (Phi) is 2.62. The number of aromatic nitrogens is 1. The fourth-order valence-corrected chi connectivity index (χ4v) is 1.54. The molecule has 0 spiro atoms. The Balaban J connectivity index is 1.92. The van der Waals surface area contributed by atoms with Gasteiger partial charge in [-0.25, -0.2) is 0 Å². The smallest absolute Gasteiger partial charge is 0.227 e. The second kappa shape index (κ2) is 4.09. The zero-order valence-electron chi connectivity index (χ0n) is 7.77. The third-order valence-electron chi connectivity index (χ3n) is 2.34. The van der Waals surface area contributed by atoms with Crippen LogP contribution in [0.3, 0.4) is 0 Å². The summed E-state index contributed by atoms with van der Waals surface area (Å²) in [7, 11) is 0. The molecule has 1 heterocycles. The van der Waals surface area contributed by atoms with Gasteiger partial charge < -0.3 is 9.84 Å². The molecule has 0 aliphatic heterocycles. The van der Waals surface area contributed by atoms with Crippen LogP contribution in [0.25, 0.3) is 0 Å². The Morgan fingerprint density at radius 3 is 3.14 bits per heavy atom. The predicted octanol–water partition coefficient (Wildman–Crippen LogP) is 1.97. The van der Waals surface area contributed by atoms with E-state index in [0.29, 0.717) is 5.69 Å². The molecule has 4 heteroatoms. The molecule has 1 aromatic heterocycles. The number of hydrogen-bond acceptors (Lipinski definition) is 3. The number of amides is 1. The number of nitrogens with one attached hydrogen (secondary N) is 1. The molecule has 0 fully saturated rings. The first-order chi connectivity index (χ1) is 6.86. The average molecular weight is 192 g/mol. The van der Waals surface area contributed by atoms with Crippen molar-refractivity contribution in [1.82, 2.24) is 5.16 Å². The fraction of sp³-hybridized carbons (Fsp3) is 0.400. The van der Waals surface area contributed by atoms with Crippen LogP contribution in [0.4, 0.5) is 5.69 Å². The Bertz CT molecular complexity index is 330. The van der Waals surface area contributed by atoms with Crippen molar-refractivity contribution in [3.8, 4) is 0 Å². The highest BCUT2D eigenvalue weighted by Crippen LogP contribution is 2.19. The lowest BCUT2D eigenvalue weighted by molar-refractivity contribution is -0.120. The summed E-state index contributed by atoms with van der Waals surface area (Å²) in [5.41, 5.74) is 0.629. The first kappa shape index (κ1) is 8.99. The first-order valence-corrected chi connectivity index (χ1v) is 4.71. The molecule has 1 aliphatic carbocycles. The molecule has 1 N–H and O–H groups in total. The highest BCUT2D eigenvalue weighted by molar-refractivity contribution is 5.92. The lowest BCUT2D eigenvalue weighted by atomic mass is 9.94. The van der Waals surface area contributed by atoms with Crippen molar-refractivity contribution in [2.75, 3.05) is 5.32 Å². The summed E-state index contributed by atoms with van der Waals surface area (Å²) in [6.45, 7) is 0. The van der Waals surface area contributed by atoms with Crippen LogP contribution in [0.15, 0.2) is 29.1 Å². The molecule has 1 aromatic rings. The van der Waals surface area contributed by atoms with Gasteiger partial charge in [-0.05, 0) is 19.3 Å². The van der Waals surface area contributed by atoms with Crippen molar-refractivity contribution in [3.05, 3.63) is 24.6 Å². The SMILES string of the molecule is O=C(Nc1cnoc1)[C@H]1CC=CCC1. The maximum Gasteiger partial charge on any atom is 0.227 e. The maximum atomic E-state index is 11.7. The van der Waals surface area contributed by atoms with Crippen molar-refractivity contribution in [1.29, 1.82) is 0 Å². The van der Waals surface area contributed by atoms with Crippen LogP contribution in [-0.2, 0) is 4.79 Å². The second-order valence-electron chi connectivity index (χ2n) is 3.38. The van der Waals surface area contributed by atoms with Gasteiger partial charge in [-0.2, -0.15) is 0 Å². The topological polar surface area (TPSA) is 55.1 Å².